The number of phenols is 1. The molecule has 1 aliphatic heterocycles. The number of imide groups is 1. The number of hydrogen-bond donors (Lipinski definition) is 2. The number of carboxylic acids is 1. The zero-order valence-electron chi connectivity index (χ0n) is 22.6. The van der Waals surface area contributed by atoms with Crippen LogP contribution < -0.4 is 4.74 Å². The fraction of sp³-hybridized carbons (Fsp3) is 0.452. The number of unbranched alkanes of at least 4 members (excludes halogenated alkanes) is 2. The zero-order chi connectivity index (χ0) is 28.7. The topological polar surface area (TPSA) is 138 Å². The van der Waals surface area contributed by atoms with Gasteiger partial charge in [0.15, 0.2) is 23.1 Å². The number of allylic oxidation sites excluding steroid dienone is 6. The summed E-state index contributed by atoms with van der Waals surface area (Å²) in [5.41, 5.74) is 2.63. The van der Waals surface area contributed by atoms with Gasteiger partial charge >= 0.3 is 5.97 Å². The summed E-state index contributed by atoms with van der Waals surface area (Å²) in [6.45, 7) is 3.97. The fourth-order valence-electron chi connectivity index (χ4n) is 6.75. The van der Waals surface area contributed by atoms with Gasteiger partial charge in [0, 0.05) is 35.6 Å². The molecule has 210 valence electrons. The molecule has 2 N–H and O–H groups in total. The Morgan fingerprint density at radius 2 is 1.85 bits per heavy atom. The molecule has 1 heterocycles. The van der Waals surface area contributed by atoms with E-state index in [9.17, 15) is 29.1 Å². The number of ether oxygens (including phenoxy) is 1. The predicted molar refractivity (Wildman–Crippen MR) is 143 cm³/mol. The Labute approximate surface area is 232 Å². The van der Waals surface area contributed by atoms with Crippen LogP contribution in [-0.4, -0.2) is 57.6 Å². The third-order valence-corrected chi connectivity index (χ3v) is 8.54. The van der Waals surface area contributed by atoms with Gasteiger partial charge in [-0.25, -0.2) is 0 Å². The molecule has 5 rings (SSSR count). The Balaban J connectivity index is 1.51. The van der Waals surface area contributed by atoms with Gasteiger partial charge < -0.3 is 14.9 Å². The van der Waals surface area contributed by atoms with Crippen LogP contribution in [0.3, 0.4) is 0 Å². The molecule has 1 fully saturated rings. The smallest absolute Gasteiger partial charge is 0.303 e. The van der Waals surface area contributed by atoms with Gasteiger partial charge in [0.05, 0.1) is 18.4 Å². The first-order chi connectivity index (χ1) is 19.1. The van der Waals surface area contributed by atoms with E-state index in [-0.39, 0.29) is 54.3 Å². The molecule has 0 spiro atoms. The lowest BCUT2D eigenvalue weighted by molar-refractivity contribution is -0.141. The molecule has 9 nitrogen and oxygen atoms in total. The van der Waals surface area contributed by atoms with Crippen molar-refractivity contribution in [3.8, 4) is 11.5 Å². The van der Waals surface area contributed by atoms with Crippen LogP contribution in [0.15, 0.2) is 52.6 Å². The van der Waals surface area contributed by atoms with Crippen molar-refractivity contribution in [2.45, 2.75) is 58.3 Å². The summed E-state index contributed by atoms with van der Waals surface area (Å²) in [7, 11) is 0. The highest BCUT2D eigenvalue weighted by Gasteiger charge is 2.56. The number of likely N-dealkylation sites (tertiary alicyclic amines) is 1. The number of aromatic hydroxyl groups is 1. The Morgan fingerprint density at radius 1 is 1.07 bits per heavy atom. The van der Waals surface area contributed by atoms with Gasteiger partial charge in [-0.1, -0.05) is 24.1 Å². The summed E-state index contributed by atoms with van der Waals surface area (Å²) >= 11 is 0. The van der Waals surface area contributed by atoms with Crippen molar-refractivity contribution in [2.24, 2.45) is 17.8 Å². The summed E-state index contributed by atoms with van der Waals surface area (Å²) in [6.07, 6.45) is 5.51. The van der Waals surface area contributed by atoms with Crippen LogP contribution in [-0.2, 0) is 24.0 Å². The number of aliphatic carboxylic acids is 1. The average molecular weight is 548 g/mol. The van der Waals surface area contributed by atoms with Crippen LogP contribution >= 0.6 is 0 Å². The van der Waals surface area contributed by atoms with Crippen LogP contribution in [0.1, 0.15) is 63.9 Å². The van der Waals surface area contributed by atoms with E-state index in [2.05, 4.69) is 0 Å². The van der Waals surface area contributed by atoms with E-state index < -0.39 is 29.6 Å². The van der Waals surface area contributed by atoms with Crippen molar-refractivity contribution < 1.29 is 38.9 Å². The molecule has 4 aliphatic rings. The van der Waals surface area contributed by atoms with Crippen molar-refractivity contribution in [3.63, 3.8) is 0 Å². The summed E-state index contributed by atoms with van der Waals surface area (Å²) in [4.78, 5) is 65.9. The summed E-state index contributed by atoms with van der Waals surface area (Å²) in [5, 5.41) is 19.2. The maximum absolute atomic E-state index is 13.7. The first-order valence-corrected chi connectivity index (χ1v) is 13.9. The molecule has 4 atom stereocenters. The fourth-order valence-corrected chi connectivity index (χ4v) is 6.75. The van der Waals surface area contributed by atoms with E-state index in [0.717, 1.165) is 5.57 Å². The Morgan fingerprint density at radius 3 is 2.58 bits per heavy atom. The molecule has 0 unspecified atom stereocenters. The van der Waals surface area contributed by atoms with Gasteiger partial charge in [-0.2, -0.15) is 0 Å². The minimum atomic E-state index is -0.874. The number of hydrogen-bond acceptors (Lipinski definition) is 7. The minimum absolute atomic E-state index is 0.0396. The maximum Gasteiger partial charge on any atom is 0.303 e. The van der Waals surface area contributed by atoms with Gasteiger partial charge in [0.25, 0.3) is 0 Å². The summed E-state index contributed by atoms with van der Waals surface area (Å²) in [6, 6.07) is 4.89. The second kappa shape index (κ2) is 10.9. The predicted octanol–water partition coefficient (Wildman–Crippen LogP) is 3.87. The first-order valence-electron chi connectivity index (χ1n) is 13.9. The molecule has 40 heavy (non-hydrogen) atoms. The average Bonchev–Trinajstić information content (AvgIpc) is 3.16. The van der Waals surface area contributed by atoms with E-state index in [1.165, 1.54) is 17.0 Å². The Kier molecular flexibility index (Phi) is 7.49. The van der Waals surface area contributed by atoms with Crippen molar-refractivity contribution in [3.05, 3.63) is 58.2 Å². The number of phenolic OH excluding ortho intramolecular Hbond substituents is 1. The molecule has 0 radical (unpaired) electrons. The van der Waals surface area contributed by atoms with Gasteiger partial charge in [0.1, 0.15) is 0 Å². The van der Waals surface area contributed by atoms with Crippen molar-refractivity contribution >= 4 is 29.4 Å². The number of ketones is 2. The van der Waals surface area contributed by atoms with E-state index in [1.807, 2.05) is 6.08 Å². The second-order valence-electron chi connectivity index (χ2n) is 10.9. The summed E-state index contributed by atoms with van der Waals surface area (Å²) < 4.78 is 5.60. The van der Waals surface area contributed by atoms with E-state index in [0.29, 0.717) is 54.6 Å². The van der Waals surface area contributed by atoms with E-state index in [1.54, 1.807) is 26.0 Å². The number of nitrogens with zero attached hydrogens (tertiary/aromatic N) is 1. The number of carboxylic acid groups (broad SMARTS) is 1. The van der Waals surface area contributed by atoms with E-state index in [4.69, 9.17) is 9.84 Å². The van der Waals surface area contributed by atoms with Crippen molar-refractivity contribution in [1.82, 2.24) is 4.90 Å². The van der Waals surface area contributed by atoms with Crippen LogP contribution in [0.4, 0.5) is 0 Å². The number of carbonyl (C=O) groups excluding carboxylic acids is 4. The van der Waals surface area contributed by atoms with Crippen molar-refractivity contribution in [2.75, 3.05) is 13.2 Å². The monoisotopic (exact) mass is 547 g/mol. The van der Waals surface area contributed by atoms with Gasteiger partial charge in [-0.3, -0.25) is 28.9 Å². The molecular formula is C31H33NO8. The number of carbonyl (C=O) groups is 5. The minimum Gasteiger partial charge on any atom is -0.504 e. The standard InChI is InChI=1S/C31H33NO8/c1-3-40-24-14-17(8-11-22(24)33)26-18-9-10-19-27(20(18)15-21-28(26)23(34)13-16(2)29(21)37)31(39)32(30(19)38)12-6-4-5-7-25(35)36/h8-9,11,13-14,19-20,26-27,33H,3-7,10,12,15H2,1-2H3,(H,35,36)/t19-,20+,26-,27-/m0/s1. The maximum atomic E-state index is 13.7. The molecule has 1 aromatic rings. The third kappa shape index (κ3) is 4.67. The quantitative estimate of drug-likeness (QED) is 0.206. The number of fused-ring (bicyclic) bond motifs is 3. The zero-order valence-corrected chi connectivity index (χ0v) is 22.6. The number of rotatable bonds is 9. The number of amides is 2. The van der Waals surface area contributed by atoms with Gasteiger partial charge in [-0.15, -0.1) is 0 Å². The number of Topliss-reactive ketones (excluding diaryl/α,β-unsaturated/α-hetero) is 1. The van der Waals surface area contributed by atoms with Crippen molar-refractivity contribution in [1.29, 1.82) is 0 Å². The third-order valence-electron chi connectivity index (χ3n) is 8.54. The molecule has 0 aromatic heterocycles. The molecule has 2 amide bonds. The first kappa shape index (κ1) is 27.6. The van der Waals surface area contributed by atoms with Crippen LogP contribution in [0, 0.1) is 17.8 Å². The van der Waals surface area contributed by atoms with Crippen LogP contribution in [0.2, 0.25) is 0 Å². The normalized spacial score (nSPS) is 25.8. The largest absolute Gasteiger partial charge is 0.504 e. The van der Waals surface area contributed by atoms with E-state index >= 15 is 0 Å². The number of benzene rings is 1. The van der Waals surface area contributed by atoms with Gasteiger partial charge in [-0.05, 0) is 69.2 Å². The lowest BCUT2D eigenvalue weighted by atomic mass is 9.59. The Bertz CT molecular complexity index is 1400. The highest BCUT2D eigenvalue weighted by Crippen LogP contribution is 2.55. The van der Waals surface area contributed by atoms with Crippen LogP contribution in [0.25, 0.3) is 0 Å². The molecule has 0 saturated carbocycles. The highest BCUT2D eigenvalue weighted by atomic mass is 16.5. The molecule has 9 heteroatoms. The molecule has 1 saturated heterocycles. The molecule has 0 bridgehead atoms. The van der Waals surface area contributed by atoms with Crippen LogP contribution in [0.5, 0.6) is 11.5 Å². The molecule has 3 aliphatic carbocycles. The lowest BCUT2D eigenvalue weighted by Crippen LogP contribution is -2.39. The van der Waals surface area contributed by atoms with Gasteiger partial charge in [0.2, 0.25) is 11.8 Å². The highest BCUT2D eigenvalue weighted by molar-refractivity contribution is 6.23. The molecule has 1 aromatic carbocycles. The Hall–Kier alpha value is -4.01. The second-order valence-corrected chi connectivity index (χ2v) is 10.9. The lowest BCUT2D eigenvalue weighted by Gasteiger charge is -2.42. The summed E-state index contributed by atoms with van der Waals surface area (Å²) in [5.74, 6) is -3.83. The SMILES string of the molecule is CCOc1cc([C@H]2C3=CC[C@@H]4C(=O)N(CCCCCC(=O)O)C(=O)[C@@H]4[C@@H]3CC3=C2C(=O)C=C(C)C3=O)ccc1O. The molecular weight excluding hydrogens is 514 g/mol.